The minimum Gasteiger partial charge on any atom is -0.465 e. The fraction of sp³-hybridized carbons (Fsp3) is 0.158. The van der Waals surface area contributed by atoms with Gasteiger partial charge in [-0.2, -0.15) is 0 Å². The monoisotopic (exact) mass is 383 g/mol. The van der Waals surface area contributed by atoms with Crippen molar-refractivity contribution in [3.8, 4) is 5.69 Å². The molecule has 1 aliphatic heterocycles. The molecule has 0 spiro atoms. The molecular weight excluding hydrogens is 366 g/mol. The summed E-state index contributed by atoms with van der Waals surface area (Å²) in [5, 5.41) is 4.80. The quantitative estimate of drug-likeness (QED) is 0.365. The average Bonchev–Trinajstić information content (AvgIpc) is 2.90. The number of carbonyl (C=O) groups excluding carboxylic acids is 3. The van der Waals surface area contributed by atoms with Crippen LogP contribution in [0.3, 0.4) is 0 Å². The van der Waals surface area contributed by atoms with Crippen LogP contribution in [0.25, 0.3) is 11.8 Å². The lowest BCUT2D eigenvalue weighted by Gasteiger charge is -2.16. The maximum atomic E-state index is 12.1. The van der Waals surface area contributed by atoms with Gasteiger partial charge in [-0.25, -0.2) is 4.79 Å². The maximum absolute atomic E-state index is 12.1. The van der Waals surface area contributed by atoms with E-state index in [1.165, 1.54) is 13.2 Å². The Morgan fingerprint density at radius 3 is 2.41 bits per heavy atom. The molecule has 0 atom stereocenters. The highest BCUT2D eigenvalue weighted by Crippen LogP contribution is 2.25. The molecular formula is C19H17N3O4S. The van der Waals surface area contributed by atoms with E-state index in [4.69, 9.17) is 17.0 Å². The Labute approximate surface area is 161 Å². The third kappa shape index (κ3) is 3.39. The zero-order valence-corrected chi connectivity index (χ0v) is 15.8. The van der Waals surface area contributed by atoms with Crippen LogP contribution in [0.2, 0.25) is 0 Å². The van der Waals surface area contributed by atoms with Crippen molar-refractivity contribution in [2.75, 3.05) is 7.11 Å². The van der Waals surface area contributed by atoms with Crippen molar-refractivity contribution in [1.82, 2.24) is 15.2 Å². The summed E-state index contributed by atoms with van der Waals surface area (Å²) in [4.78, 5) is 36.3. The topological polar surface area (TPSA) is 89.4 Å². The lowest BCUT2D eigenvalue weighted by molar-refractivity contribution is -0.123. The predicted octanol–water partition coefficient (Wildman–Crippen LogP) is 1.80. The van der Waals surface area contributed by atoms with Gasteiger partial charge in [0.2, 0.25) is 0 Å². The number of nitrogens with zero attached hydrogens (tertiary/aromatic N) is 1. The number of rotatable bonds is 3. The van der Waals surface area contributed by atoms with Crippen LogP contribution in [0.15, 0.2) is 35.9 Å². The Morgan fingerprint density at radius 2 is 1.78 bits per heavy atom. The van der Waals surface area contributed by atoms with Gasteiger partial charge in [0.15, 0.2) is 5.11 Å². The molecule has 1 fully saturated rings. The molecule has 0 unspecified atom stereocenters. The smallest absolute Gasteiger partial charge is 0.339 e. The fourth-order valence-electron chi connectivity index (χ4n) is 3.02. The summed E-state index contributed by atoms with van der Waals surface area (Å²) in [6.07, 6.45) is 1.51. The van der Waals surface area contributed by atoms with Gasteiger partial charge in [0.05, 0.1) is 18.4 Å². The van der Waals surface area contributed by atoms with Crippen LogP contribution in [-0.2, 0) is 14.3 Å². The summed E-state index contributed by atoms with van der Waals surface area (Å²) in [6.45, 7) is 3.72. The Kier molecular flexibility index (Phi) is 4.91. The standard InChI is InChI=1S/C19H17N3O4S/c1-10-8-12(9-14-16(23)20-19(27)21-17(14)24)11(2)22(10)15-7-5-4-6-13(15)18(25)26-3/h4-9H,1-3H3,(H2,20,21,23,24,27). The summed E-state index contributed by atoms with van der Waals surface area (Å²) >= 11 is 4.80. The Hall–Kier alpha value is -3.26. The predicted molar refractivity (Wildman–Crippen MR) is 103 cm³/mol. The third-order valence-electron chi connectivity index (χ3n) is 4.26. The number of hydrogen-bond donors (Lipinski definition) is 2. The summed E-state index contributed by atoms with van der Waals surface area (Å²) in [6, 6.07) is 8.90. The van der Waals surface area contributed by atoms with Crippen molar-refractivity contribution < 1.29 is 19.1 Å². The van der Waals surface area contributed by atoms with E-state index in [9.17, 15) is 14.4 Å². The van der Waals surface area contributed by atoms with Crippen molar-refractivity contribution in [3.05, 3.63) is 58.4 Å². The molecule has 2 N–H and O–H groups in total. The van der Waals surface area contributed by atoms with E-state index in [1.807, 2.05) is 36.6 Å². The molecule has 0 radical (unpaired) electrons. The molecule has 1 aromatic heterocycles. The molecule has 3 rings (SSSR count). The van der Waals surface area contributed by atoms with Gasteiger partial charge in [0, 0.05) is 11.4 Å². The SMILES string of the molecule is COC(=O)c1ccccc1-n1c(C)cc(C=C2C(=O)NC(=S)NC2=O)c1C. The zero-order valence-electron chi connectivity index (χ0n) is 15.0. The normalized spacial score (nSPS) is 13.9. The van der Waals surface area contributed by atoms with Gasteiger partial charge in [-0.3, -0.25) is 20.2 Å². The number of ether oxygens (including phenoxy) is 1. The maximum Gasteiger partial charge on any atom is 0.339 e. The molecule has 1 aliphatic rings. The molecule has 1 saturated heterocycles. The van der Waals surface area contributed by atoms with Crippen LogP contribution in [0.4, 0.5) is 0 Å². The molecule has 8 heteroatoms. The van der Waals surface area contributed by atoms with Gasteiger partial charge in [0.25, 0.3) is 11.8 Å². The van der Waals surface area contributed by atoms with E-state index in [2.05, 4.69) is 10.6 Å². The van der Waals surface area contributed by atoms with Crippen molar-refractivity contribution in [2.24, 2.45) is 0 Å². The summed E-state index contributed by atoms with van der Waals surface area (Å²) in [5.74, 6) is -1.55. The van der Waals surface area contributed by atoms with Crippen LogP contribution in [0, 0.1) is 13.8 Å². The molecule has 0 bridgehead atoms. The highest BCUT2D eigenvalue weighted by atomic mass is 32.1. The number of aryl methyl sites for hydroxylation is 1. The molecule has 2 amide bonds. The van der Waals surface area contributed by atoms with Crippen molar-refractivity contribution in [2.45, 2.75) is 13.8 Å². The van der Waals surface area contributed by atoms with E-state index < -0.39 is 17.8 Å². The van der Waals surface area contributed by atoms with E-state index in [1.54, 1.807) is 12.1 Å². The number of thiocarbonyl (C=S) groups is 1. The molecule has 1 aromatic carbocycles. The number of hydrogen-bond acceptors (Lipinski definition) is 5. The van der Waals surface area contributed by atoms with Crippen LogP contribution >= 0.6 is 12.2 Å². The molecule has 138 valence electrons. The molecule has 2 heterocycles. The fourth-order valence-corrected chi connectivity index (χ4v) is 3.20. The third-order valence-corrected chi connectivity index (χ3v) is 4.47. The molecule has 27 heavy (non-hydrogen) atoms. The van der Waals surface area contributed by atoms with Crippen LogP contribution in [0.1, 0.15) is 27.3 Å². The highest BCUT2D eigenvalue weighted by molar-refractivity contribution is 7.80. The van der Waals surface area contributed by atoms with Gasteiger partial charge in [0.1, 0.15) is 5.57 Å². The molecule has 7 nitrogen and oxygen atoms in total. The number of carbonyl (C=O) groups is 3. The second-order valence-electron chi connectivity index (χ2n) is 5.97. The first-order valence-corrected chi connectivity index (χ1v) is 8.49. The summed E-state index contributed by atoms with van der Waals surface area (Å²) in [7, 11) is 1.33. The minimum absolute atomic E-state index is 0.0142. The summed E-state index contributed by atoms with van der Waals surface area (Å²) in [5.41, 5.74) is 3.32. The number of methoxy groups -OCH3 is 1. The van der Waals surface area contributed by atoms with Gasteiger partial charge in [-0.1, -0.05) is 12.1 Å². The highest BCUT2D eigenvalue weighted by Gasteiger charge is 2.26. The number of aromatic nitrogens is 1. The van der Waals surface area contributed by atoms with Crippen LogP contribution in [-0.4, -0.2) is 34.6 Å². The Bertz CT molecular complexity index is 998. The minimum atomic E-state index is -0.552. The second kappa shape index (κ2) is 7.16. The van der Waals surface area contributed by atoms with Crippen LogP contribution in [0.5, 0.6) is 0 Å². The Morgan fingerprint density at radius 1 is 1.15 bits per heavy atom. The van der Waals surface area contributed by atoms with E-state index in [0.29, 0.717) is 16.8 Å². The summed E-state index contributed by atoms with van der Waals surface area (Å²) < 4.78 is 6.74. The van der Waals surface area contributed by atoms with Gasteiger partial charge in [-0.05, 0) is 55.9 Å². The van der Waals surface area contributed by atoms with Crippen LogP contribution < -0.4 is 10.6 Å². The van der Waals surface area contributed by atoms with Gasteiger partial charge < -0.3 is 9.30 Å². The lowest BCUT2D eigenvalue weighted by atomic mass is 10.1. The molecule has 0 aliphatic carbocycles. The van der Waals surface area contributed by atoms with Crippen molar-refractivity contribution >= 4 is 41.2 Å². The van der Waals surface area contributed by atoms with Gasteiger partial charge >= 0.3 is 5.97 Å². The number of benzene rings is 1. The number of amides is 2. The lowest BCUT2D eigenvalue weighted by Crippen LogP contribution is -2.51. The average molecular weight is 383 g/mol. The number of nitrogens with one attached hydrogen (secondary N) is 2. The van der Waals surface area contributed by atoms with Gasteiger partial charge in [-0.15, -0.1) is 0 Å². The Balaban J connectivity index is 2.11. The largest absolute Gasteiger partial charge is 0.465 e. The molecule has 0 saturated carbocycles. The first-order chi connectivity index (χ1) is 12.8. The second-order valence-corrected chi connectivity index (χ2v) is 6.37. The van der Waals surface area contributed by atoms with Crippen molar-refractivity contribution in [1.29, 1.82) is 0 Å². The van der Waals surface area contributed by atoms with E-state index in [0.717, 1.165) is 11.4 Å². The number of esters is 1. The van der Waals surface area contributed by atoms with E-state index in [-0.39, 0.29) is 10.7 Å². The van der Waals surface area contributed by atoms with Crippen molar-refractivity contribution in [3.63, 3.8) is 0 Å². The first kappa shape index (κ1) is 18.5. The zero-order chi connectivity index (χ0) is 19.7. The van der Waals surface area contributed by atoms with E-state index >= 15 is 0 Å². The molecule has 2 aromatic rings. The first-order valence-electron chi connectivity index (χ1n) is 8.08. The number of para-hydroxylation sites is 1.